The third kappa shape index (κ3) is 4.15. The molecule has 3 unspecified atom stereocenters. The Morgan fingerprint density at radius 2 is 1.96 bits per heavy atom. The lowest BCUT2D eigenvalue weighted by atomic mass is 9.87. The third-order valence-corrected chi connectivity index (χ3v) is 7.00. The van der Waals surface area contributed by atoms with E-state index in [1.54, 1.807) is 37.4 Å². The molecule has 2 fully saturated rings. The Morgan fingerprint density at radius 1 is 1.26 bits per heavy atom. The van der Waals surface area contributed by atoms with Crippen molar-refractivity contribution in [2.45, 2.75) is 37.5 Å². The number of amides is 1. The molecule has 27 heavy (non-hydrogen) atoms. The van der Waals surface area contributed by atoms with E-state index in [-0.39, 0.29) is 24.5 Å². The van der Waals surface area contributed by atoms with Crippen LogP contribution >= 0.6 is 7.94 Å². The van der Waals surface area contributed by atoms with Crippen molar-refractivity contribution in [3.05, 3.63) is 30.3 Å². The summed E-state index contributed by atoms with van der Waals surface area (Å²) in [6, 6.07) is 8.19. The molecule has 8 nitrogen and oxygen atoms in total. The van der Waals surface area contributed by atoms with Crippen molar-refractivity contribution in [2.75, 3.05) is 20.7 Å². The van der Waals surface area contributed by atoms with Crippen LogP contribution in [0.3, 0.4) is 0 Å². The topological polar surface area (TPSA) is 108 Å². The number of ether oxygens (including phenoxy) is 1. The number of piperidine rings is 1. The van der Waals surface area contributed by atoms with Gasteiger partial charge in [0, 0.05) is 19.1 Å². The zero-order valence-electron chi connectivity index (χ0n) is 15.4. The highest BCUT2D eigenvalue weighted by atomic mass is 31.2. The molecule has 148 valence electrons. The molecule has 4 atom stereocenters. The number of hydrogen-bond acceptors (Lipinski definition) is 7. The van der Waals surface area contributed by atoms with Crippen molar-refractivity contribution in [3.8, 4) is 0 Å². The summed E-state index contributed by atoms with van der Waals surface area (Å²) < 4.78 is 10.7. The molecule has 2 heterocycles. The van der Waals surface area contributed by atoms with Crippen LogP contribution in [0, 0.1) is 5.92 Å². The number of rotatable bonds is 6. The molecular formula is C18H26N2O6P+. The van der Waals surface area contributed by atoms with Gasteiger partial charge >= 0.3 is 13.9 Å². The second-order valence-corrected chi connectivity index (χ2v) is 8.77. The van der Waals surface area contributed by atoms with E-state index in [0.29, 0.717) is 11.7 Å². The van der Waals surface area contributed by atoms with Crippen molar-refractivity contribution < 1.29 is 28.6 Å². The lowest BCUT2D eigenvalue weighted by Crippen LogP contribution is -2.56. The van der Waals surface area contributed by atoms with E-state index < -0.39 is 25.9 Å². The number of nitrogens with zero attached hydrogens (tertiary/aromatic N) is 1. The van der Waals surface area contributed by atoms with E-state index >= 15 is 0 Å². The van der Waals surface area contributed by atoms with Crippen molar-refractivity contribution in [3.63, 3.8) is 0 Å². The van der Waals surface area contributed by atoms with Crippen LogP contribution in [-0.4, -0.2) is 65.5 Å². The molecule has 2 aliphatic rings. The first-order valence-electron chi connectivity index (χ1n) is 9.00. The number of hydrogen-bond donors (Lipinski definition) is 3. The normalized spacial score (nSPS) is 28.0. The number of esters is 1. The van der Waals surface area contributed by atoms with Crippen LogP contribution in [0.15, 0.2) is 30.3 Å². The van der Waals surface area contributed by atoms with E-state index in [2.05, 4.69) is 5.32 Å². The Morgan fingerprint density at radius 3 is 2.59 bits per heavy atom. The van der Waals surface area contributed by atoms with Crippen molar-refractivity contribution in [1.82, 2.24) is 10.2 Å². The number of nitrogens with one attached hydrogen (secondary N) is 1. The van der Waals surface area contributed by atoms with Crippen LogP contribution in [0.4, 0.5) is 0 Å². The van der Waals surface area contributed by atoms with Gasteiger partial charge in [-0.15, -0.1) is 0 Å². The zero-order chi connectivity index (χ0) is 19.6. The minimum atomic E-state index is -3.83. The summed E-state index contributed by atoms with van der Waals surface area (Å²) >= 11 is 0. The standard InChI is InChI=1S/C18H25N2O6P/c1-19-16(21)11-20-12-8-9-14(20)17(18(22)25-2)15(10-12)26-27(23,24)13-6-4-3-5-7-13/h3-7,12,14-15,17,23-24H,8-11H2,1-2H3/p+1/t12?,14?,15?,17-/m1/s1. The predicted octanol–water partition coefficient (Wildman–Crippen LogP) is 0.216. The molecule has 0 aliphatic carbocycles. The fourth-order valence-electron chi connectivity index (χ4n) is 4.18. The maximum atomic E-state index is 12.5. The zero-order valence-corrected chi connectivity index (χ0v) is 16.3. The predicted molar refractivity (Wildman–Crippen MR) is 100 cm³/mol. The summed E-state index contributed by atoms with van der Waals surface area (Å²) in [7, 11) is -0.951. The molecular weight excluding hydrogens is 371 g/mol. The maximum absolute atomic E-state index is 12.5. The van der Waals surface area contributed by atoms with Crippen molar-refractivity contribution in [1.29, 1.82) is 0 Å². The van der Waals surface area contributed by atoms with Gasteiger partial charge in [-0.25, -0.2) is 0 Å². The molecule has 2 aliphatic heterocycles. The first kappa shape index (κ1) is 20.2. The van der Waals surface area contributed by atoms with Crippen molar-refractivity contribution in [2.24, 2.45) is 5.92 Å². The Bertz CT molecular complexity index is 686. The van der Waals surface area contributed by atoms with Crippen LogP contribution in [0.5, 0.6) is 0 Å². The van der Waals surface area contributed by atoms with E-state index in [0.717, 1.165) is 12.8 Å². The SMILES string of the molecule is CNC(=O)CN1C2CCC1[C@@H](C(=O)OC)C(O[P+](O)(O)c1ccccc1)C2. The van der Waals surface area contributed by atoms with Crippen LogP contribution in [0.1, 0.15) is 19.3 Å². The Balaban J connectivity index is 1.83. The molecule has 0 spiro atoms. The molecule has 9 heteroatoms. The minimum Gasteiger partial charge on any atom is -0.469 e. The second kappa shape index (κ2) is 8.20. The summed E-state index contributed by atoms with van der Waals surface area (Å²) in [5, 5.41) is 2.91. The third-order valence-electron chi connectivity index (χ3n) is 5.46. The number of methoxy groups -OCH3 is 1. The first-order valence-corrected chi connectivity index (χ1v) is 10.6. The van der Waals surface area contributed by atoms with Gasteiger partial charge in [0.2, 0.25) is 5.91 Å². The largest absolute Gasteiger partial charge is 0.469 e. The molecule has 0 aromatic heterocycles. The fraction of sp³-hybridized carbons (Fsp3) is 0.556. The molecule has 2 saturated heterocycles. The van der Waals surface area contributed by atoms with Crippen LogP contribution in [0.2, 0.25) is 0 Å². The molecule has 1 amide bonds. The Hall–Kier alpha value is -1.57. The van der Waals surface area contributed by atoms with Gasteiger partial charge in [0.25, 0.3) is 0 Å². The highest BCUT2D eigenvalue weighted by molar-refractivity contribution is 7.67. The molecule has 0 saturated carbocycles. The van der Waals surface area contributed by atoms with Gasteiger partial charge in [0.15, 0.2) is 5.30 Å². The lowest BCUT2D eigenvalue weighted by Gasteiger charge is -2.41. The molecule has 3 rings (SSSR count). The van der Waals surface area contributed by atoms with Crippen LogP contribution in [-0.2, 0) is 18.8 Å². The highest BCUT2D eigenvalue weighted by Crippen LogP contribution is 2.54. The number of benzene rings is 1. The number of carbonyl (C=O) groups is 2. The molecule has 1 aromatic carbocycles. The summed E-state index contributed by atoms with van der Waals surface area (Å²) in [4.78, 5) is 47.5. The smallest absolute Gasteiger partial charge is 0.443 e. The van der Waals surface area contributed by atoms with Gasteiger partial charge in [0.1, 0.15) is 12.0 Å². The van der Waals surface area contributed by atoms with E-state index in [1.165, 1.54) is 7.11 Å². The average Bonchev–Trinajstić information content (AvgIpc) is 2.93. The van der Waals surface area contributed by atoms with E-state index in [9.17, 15) is 19.4 Å². The summed E-state index contributed by atoms with van der Waals surface area (Å²) in [5.74, 6) is -1.26. The van der Waals surface area contributed by atoms with Crippen molar-refractivity contribution >= 4 is 25.1 Å². The molecule has 1 aromatic rings. The number of likely N-dealkylation sites (N-methyl/N-ethyl adjacent to an activating group) is 1. The monoisotopic (exact) mass is 397 g/mol. The van der Waals surface area contributed by atoms with Gasteiger partial charge in [-0.2, -0.15) is 14.3 Å². The van der Waals surface area contributed by atoms with Gasteiger partial charge < -0.3 is 10.1 Å². The summed E-state index contributed by atoms with van der Waals surface area (Å²) in [5.41, 5.74) is 0. The first-order chi connectivity index (χ1) is 12.9. The number of carbonyl (C=O) groups excluding carboxylic acids is 2. The summed E-state index contributed by atoms with van der Waals surface area (Å²) in [6.45, 7) is 0.198. The highest BCUT2D eigenvalue weighted by Gasteiger charge is 2.56. The molecule has 0 radical (unpaired) electrons. The summed E-state index contributed by atoms with van der Waals surface area (Å²) in [6.07, 6.45) is 1.31. The average molecular weight is 397 g/mol. The molecule has 3 N–H and O–H groups in total. The van der Waals surface area contributed by atoms with Gasteiger partial charge in [-0.1, -0.05) is 18.2 Å². The fourth-order valence-corrected chi connectivity index (χ4v) is 5.46. The van der Waals surface area contributed by atoms with Crippen LogP contribution < -0.4 is 10.6 Å². The second-order valence-electron chi connectivity index (χ2n) is 6.95. The van der Waals surface area contributed by atoms with E-state index in [1.807, 2.05) is 4.90 Å². The van der Waals surface area contributed by atoms with Gasteiger partial charge in [0.05, 0.1) is 13.7 Å². The van der Waals surface area contributed by atoms with Gasteiger partial charge in [-0.3, -0.25) is 14.5 Å². The quantitative estimate of drug-likeness (QED) is 0.465. The maximum Gasteiger partial charge on any atom is 0.443 e. The van der Waals surface area contributed by atoms with Gasteiger partial charge in [-0.05, 0) is 31.4 Å². The number of fused-ring (bicyclic) bond motifs is 2. The Kier molecular flexibility index (Phi) is 6.13. The minimum absolute atomic E-state index is 0.0500. The van der Waals surface area contributed by atoms with Crippen LogP contribution in [0.25, 0.3) is 0 Å². The molecule has 2 bridgehead atoms. The Labute approximate surface area is 159 Å². The lowest BCUT2D eigenvalue weighted by molar-refractivity contribution is -0.156. The van der Waals surface area contributed by atoms with E-state index in [4.69, 9.17) is 9.26 Å².